The lowest BCUT2D eigenvalue weighted by atomic mass is 10.4. The number of anilines is 2. The van der Waals surface area contributed by atoms with E-state index in [0.29, 0.717) is 0 Å². The molecule has 92 valence electrons. The van der Waals surface area contributed by atoms with Crippen LogP contribution in [-0.4, -0.2) is 18.6 Å². The summed E-state index contributed by atoms with van der Waals surface area (Å²) in [4.78, 5) is 0. The number of thiophene rings is 1. The molecule has 2 aromatic rings. The molecule has 0 radical (unpaired) electrons. The second kappa shape index (κ2) is 4.31. The number of rotatable bonds is 3. The first-order chi connectivity index (χ1) is 7.90. The van der Waals surface area contributed by atoms with Crippen LogP contribution in [0.3, 0.4) is 0 Å². The van der Waals surface area contributed by atoms with Crippen molar-refractivity contribution in [2.45, 2.75) is 11.1 Å². The molecule has 0 aromatic carbocycles. The molecule has 0 saturated carbocycles. The molecule has 0 bridgehead atoms. The van der Waals surface area contributed by atoms with Crippen molar-refractivity contribution in [1.82, 2.24) is 10.2 Å². The summed E-state index contributed by atoms with van der Waals surface area (Å²) in [7, 11) is -3.62. The Balaban J connectivity index is 2.35. The van der Waals surface area contributed by atoms with Gasteiger partial charge >= 0.3 is 0 Å². The Morgan fingerprint density at radius 1 is 1.59 bits per heavy atom. The number of aromatic amines is 1. The lowest BCUT2D eigenvalue weighted by Crippen LogP contribution is -2.12. The zero-order valence-corrected chi connectivity index (χ0v) is 11.9. The van der Waals surface area contributed by atoms with Crippen LogP contribution in [-0.2, 0) is 10.0 Å². The lowest BCUT2D eigenvalue weighted by Gasteiger charge is -2.03. The van der Waals surface area contributed by atoms with Gasteiger partial charge in [-0.3, -0.25) is 9.82 Å². The standard InChI is InChI=1S/C8H9BrN4O2S2/c1-4-2-6(16-7(4)9)17(14,15)13-8-5(10)3-11-12-8/h2-3H,10H2,1H3,(H2,11,12,13). The molecule has 0 aliphatic rings. The molecule has 0 fully saturated rings. The van der Waals surface area contributed by atoms with Crippen molar-refractivity contribution in [3.8, 4) is 0 Å². The highest BCUT2D eigenvalue weighted by Gasteiger charge is 2.20. The molecule has 2 rings (SSSR count). The van der Waals surface area contributed by atoms with Gasteiger partial charge in [-0.05, 0) is 34.5 Å². The van der Waals surface area contributed by atoms with Crippen molar-refractivity contribution in [1.29, 1.82) is 0 Å². The maximum atomic E-state index is 12.0. The average Bonchev–Trinajstić information content (AvgIpc) is 2.76. The van der Waals surface area contributed by atoms with Crippen LogP contribution in [0.15, 0.2) is 20.3 Å². The SMILES string of the molecule is Cc1cc(S(=O)(=O)Nc2[nH]ncc2N)sc1Br. The number of nitrogen functional groups attached to an aromatic ring is 1. The van der Waals surface area contributed by atoms with E-state index in [0.717, 1.165) is 20.7 Å². The Morgan fingerprint density at radius 2 is 2.29 bits per heavy atom. The maximum Gasteiger partial charge on any atom is 0.272 e. The fraction of sp³-hybridized carbons (Fsp3) is 0.125. The first-order valence-corrected chi connectivity index (χ1v) is 7.57. The maximum absolute atomic E-state index is 12.0. The van der Waals surface area contributed by atoms with Crippen molar-refractivity contribution < 1.29 is 8.42 Å². The zero-order valence-electron chi connectivity index (χ0n) is 8.69. The normalized spacial score (nSPS) is 11.6. The van der Waals surface area contributed by atoms with E-state index in [1.807, 2.05) is 6.92 Å². The Kier molecular flexibility index (Phi) is 3.15. The van der Waals surface area contributed by atoms with Crippen molar-refractivity contribution in [3.63, 3.8) is 0 Å². The number of H-pyrrole nitrogens is 1. The van der Waals surface area contributed by atoms with E-state index in [1.54, 1.807) is 6.07 Å². The molecule has 0 atom stereocenters. The Labute approximate surface area is 110 Å². The van der Waals surface area contributed by atoms with E-state index in [1.165, 1.54) is 6.20 Å². The van der Waals surface area contributed by atoms with E-state index in [-0.39, 0.29) is 15.7 Å². The molecule has 2 aromatic heterocycles. The quantitative estimate of drug-likeness (QED) is 0.796. The highest BCUT2D eigenvalue weighted by atomic mass is 79.9. The average molecular weight is 337 g/mol. The number of nitrogens with one attached hydrogen (secondary N) is 2. The van der Waals surface area contributed by atoms with Gasteiger partial charge in [-0.25, -0.2) is 8.42 Å². The third-order valence-corrected chi connectivity index (χ3v) is 5.96. The summed E-state index contributed by atoms with van der Waals surface area (Å²) < 4.78 is 27.3. The molecular formula is C8H9BrN4O2S2. The van der Waals surface area contributed by atoms with E-state index < -0.39 is 10.0 Å². The second-order valence-electron chi connectivity index (χ2n) is 3.33. The van der Waals surface area contributed by atoms with Gasteiger partial charge in [0.05, 0.1) is 15.7 Å². The van der Waals surface area contributed by atoms with Crippen molar-refractivity contribution >= 4 is 48.8 Å². The van der Waals surface area contributed by atoms with Gasteiger partial charge in [0.15, 0.2) is 5.82 Å². The van der Waals surface area contributed by atoms with Crippen LogP contribution < -0.4 is 10.5 Å². The molecule has 0 saturated heterocycles. The van der Waals surface area contributed by atoms with Gasteiger partial charge < -0.3 is 5.73 Å². The number of hydrogen-bond donors (Lipinski definition) is 3. The molecular weight excluding hydrogens is 328 g/mol. The molecule has 0 unspecified atom stereocenters. The van der Waals surface area contributed by atoms with E-state index in [9.17, 15) is 8.42 Å². The van der Waals surface area contributed by atoms with Crippen molar-refractivity contribution in [3.05, 3.63) is 21.6 Å². The van der Waals surface area contributed by atoms with Crippen LogP contribution >= 0.6 is 27.3 Å². The summed E-state index contributed by atoms with van der Waals surface area (Å²) in [6.45, 7) is 1.82. The lowest BCUT2D eigenvalue weighted by molar-refractivity contribution is 0.603. The van der Waals surface area contributed by atoms with Gasteiger partial charge in [-0.2, -0.15) is 5.10 Å². The van der Waals surface area contributed by atoms with Crippen molar-refractivity contribution in [2.75, 3.05) is 10.5 Å². The smallest absolute Gasteiger partial charge is 0.272 e. The summed E-state index contributed by atoms with van der Waals surface area (Å²) in [6, 6.07) is 1.59. The molecule has 9 heteroatoms. The first-order valence-electron chi connectivity index (χ1n) is 4.48. The minimum atomic E-state index is -3.62. The van der Waals surface area contributed by atoms with Crippen LogP contribution in [0.25, 0.3) is 0 Å². The molecule has 4 N–H and O–H groups in total. The van der Waals surface area contributed by atoms with Gasteiger partial charge in [-0.15, -0.1) is 11.3 Å². The topological polar surface area (TPSA) is 101 Å². The number of aryl methyl sites for hydroxylation is 1. The highest BCUT2D eigenvalue weighted by Crippen LogP contribution is 2.31. The van der Waals surface area contributed by atoms with Gasteiger partial charge in [0, 0.05) is 0 Å². The molecule has 0 spiro atoms. The number of nitrogens with two attached hydrogens (primary N) is 1. The van der Waals surface area contributed by atoms with E-state index in [4.69, 9.17) is 5.73 Å². The predicted octanol–water partition coefficient (Wildman–Crippen LogP) is 1.93. The van der Waals surface area contributed by atoms with Crippen molar-refractivity contribution in [2.24, 2.45) is 0 Å². The van der Waals surface area contributed by atoms with Gasteiger partial charge in [0.1, 0.15) is 4.21 Å². The number of hydrogen-bond acceptors (Lipinski definition) is 5. The molecule has 6 nitrogen and oxygen atoms in total. The van der Waals surface area contributed by atoms with Crippen LogP contribution in [0.5, 0.6) is 0 Å². The highest BCUT2D eigenvalue weighted by molar-refractivity contribution is 9.11. The minimum Gasteiger partial charge on any atom is -0.394 e. The Bertz CT molecular complexity index is 627. The number of halogens is 1. The number of sulfonamides is 1. The van der Waals surface area contributed by atoms with Gasteiger partial charge in [0.25, 0.3) is 10.0 Å². The monoisotopic (exact) mass is 336 g/mol. The third kappa shape index (κ3) is 2.45. The first kappa shape index (κ1) is 12.4. The Hall–Kier alpha value is -1.06. The summed E-state index contributed by atoms with van der Waals surface area (Å²) in [6.07, 6.45) is 1.34. The zero-order chi connectivity index (χ0) is 12.6. The van der Waals surface area contributed by atoms with Gasteiger partial charge in [0.2, 0.25) is 0 Å². The molecule has 0 amide bonds. The van der Waals surface area contributed by atoms with Crippen LogP contribution in [0.1, 0.15) is 5.56 Å². The third-order valence-electron chi connectivity index (χ3n) is 2.00. The predicted molar refractivity (Wildman–Crippen MR) is 70.6 cm³/mol. The van der Waals surface area contributed by atoms with Crippen LogP contribution in [0.2, 0.25) is 0 Å². The Morgan fingerprint density at radius 3 is 2.76 bits per heavy atom. The molecule has 0 aliphatic heterocycles. The number of nitrogens with zero attached hydrogens (tertiary/aromatic N) is 1. The summed E-state index contributed by atoms with van der Waals surface area (Å²) in [5.41, 5.74) is 6.65. The van der Waals surface area contributed by atoms with E-state index >= 15 is 0 Å². The fourth-order valence-electron chi connectivity index (χ4n) is 1.13. The molecule has 2 heterocycles. The summed E-state index contributed by atoms with van der Waals surface area (Å²) >= 11 is 4.42. The largest absolute Gasteiger partial charge is 0.394 e. The van der Waals surface area contributed by atoms with Crippen LogP contribution in [0.4, 0.5) is 11.5 Å². The van der Waals surface area contributed by atoms with Crippen LogP contribution in [0, 0.1) is 6.92 Å². The van der Waals surface area contributed by atoms with E-state index in [2.05, 4.69) is 30.8 Å². The minimum absolute atomic E-state index is 0.173. The van der Waals surface area contributed by atoms with Gasteiger partial charge in [-0.1, -0.05) is 0 Å². The molecule has 17 heavy (non-hydrogen) atoms. The fourth-order valence-corrected chi connectivity index (χ4v) is 4.40. The number of aromatic nitrogens is 2. The second-order valence-corrected chi connectivity index (χ2v) is 7.61. The molecule has 0 aliphatic carbocycles. The summed E-state index contributed by atoms with van der Waals surface area (Å²) in [5.74, 6) is 0.173. The summed E-state index contributed by atoms with van der Waals surface area (Å²) in [5, 5.41) is 6.12.